The van der Waals surface area contributed by atoms with Gasteiger partial charge in [-0.3, -0.25) is 9.59 Å². The van der Waals surface area contributed by atoms with Crippen molar-refractivity contribution in [2.45, 2.75) is 53.1 Å². The third-order valence-electron chi connectivity index (χ3n) is 3.77. The highest BCUT2D eigenvalue weighted by molar-refractivity contribution is 5.97. The SMILES string of the molecule is CCC(C)C1NC(=O)C(C(C)(C)C)N(CCF)C1=O. The summed E-state index contributed by atoms with van der Waals surface area (Å²) < 4.78 is 12.7. The Hall–Kier alpha value is -1.13. The molecule has 0 bridgehead atoms. The molecule has 5 heteroatoms. The van der Waals surface area contributed by atoms with E-state index in [2.05, 4.69) is 5.32 Å². The summed E-state index contributed by atoms with van der Waals surface area (Å²) in [5.74, 6) is -0.281. The summed E-state index contributed by atoms with van der Waals surface area (Å²) in [6.07, 6.45) is 0.792. The first-order valence-corrected chi connectivity index (χ1v) is 6.90. The van der Waals surface area contributed by atoms with Crippen LogP contribution in [0.15, 0.2) is 0 Å². The molecular formula is C14H25FN2O2. The number of carbonyl (C=O) groups is 2. The van der Waals surface area contributed by atoms with E-state index in [0.717, 1.165) is 6.42 Å². The lowest BCUT2D eigenvalue weighted by atomic mass is 9.81. The second kappa shape index (κ2) is 5.88. The summed E-state index contributed by atoms with van der Waals surface area (Å²) in [5.41, 5.74) is -0.407. The molecule has 0 aromatic carbocycles. The normalized spacial score (nSPS) is 26.3. The lowest BCUT2D eigenvalue weighted by molar-refractivity contribution is -0.155. The van der Waals surface area contributed by atoms with Crippen LogP contribution in [0, 0.1) is 11.3 Å². The molecule has 0 aliphatic carbocycles. The van der Waals surface area contributed by atoms with E-state index in [1.165, 1.54) is 4.90 Å². The van der Waals surface area contributed by atoms with Crippen molar-refractivity contribution in [1.29, 1.82) is 0 Å². The van der Waals surface area contributed by atoms with E-state index in [9.17, 15) is 14.0 Å². The number of amides is 2. The Morgan fingerprint density at radius 2 is 1.95 bits per heavy atom. The van der Waals surface area contributed by atoms with Gasteiger partial charge < -0.3 is 10.2 Å². The van der Waals surface area contributed by atoms with Crippen LogP contribution in [0.5, 0.6) is 0 Å². The first kappa shape index (κ1) is 15.9. The maximum atomic E-state index is 12.7. The summed E-state index contributed by atoms with van der Waals surface area (Å²) in [4.78, 5) is 26.2. The highest BCUT2D eigenvalue weighted by Crippen LogP contribution is 2.29. The second-order valence-corrected chi connectivity index (χ2v) is 6.36. The van der Waals surface area contributed by atoms with Gasteiger partial charge in [0.15, 0.2) is 0 Å². The highest BCUT2D eigenvalue weighted by atomic mass is 19.1. The van der Waals surface area contributed by atoms with Crippen molar-refractivity contribution in [3.63, 3.8) is 0 Å². The molecule has 0 aromatic rings. The van der Waals surface area contributed by atoms with Gasteiger partial charge >= 0.3 is 0 Å². The van der Waals surface area contributed by atoms with Crippen LogP contribution < -0.4 is 5.32 Å². The Kier molecular flexibility index (Phi) is 4.93. The second-order valence-electron chi connectivity index (χ2n) is 6.36. The fourth-order valence-corrected chi connectivity index (χ4v) is 2.55. The molecule has 1 aliphatic heterocycles. The van der Waals surface area contributed by atoms with Gasteiger partial charge in [0.1, 0.15) is 18.8 Å². The number of nitrogens with zero attached hydrogens (tertiary/aromatic N) is 1. The summed E-state index contributed by atoms with van der Waals surface area (Å²) >= 11 is 0. The van der Waals surface area contributed by atoms with Crippen molar-refractivity contribution in [3.8, 4) is 0 Å². The Morgan fingerprint density at radius 1 is 1.37 bits per heavy atom. The molecule has 1 N–H and O–H groups in total. The molecule has 0 spiro atoms. The molecular weight excluding hydrogens is 247 g/mol. The first-order valence-electron chi connectivity index (χ1n) is 6.90. The number of piperazine rings is 1. The molecule has 1 fully saturated rings. The molecule has 0 saturated carbocycles. The van der Waals surface area contributed by atoms with Crippen molar-refractivity contribution >= 4 is 11.8 Å². The van der Waals surface area contributed by atoms with Gasteiger partial charge in [0.05, 0.1) is 0 Å². The maximum absolute atomic E-state index is 12.7. The molecule has 3 atom stereocenters. The van der Waals surface area contributed by atoms with Crippen LogP contribution in [0.1, 0.15) is 41.0 Å². The maximum Gasteiger partial charge on any atom is 0.246 e. The minimum Gasteiger partial charge on any atom is -0.342 e. The zero-order chi connectivity index (χ0) is 14.8. The standard InChI is InChI=1S/C14H25FN2O2/c1-6-9(2)10-13(19)17(8-7-15)11(12(18)16-10)14(3,4)5/h9-11H,6-8H2,1-5H3,(H,16,18). The largest absolute Gasteiger partial charge is 0.342 e. The Morgan fingerprint density at radius 3 is 2.37 bits per heavy atom. The zero-order valence-electron chi connectivity index (χ0n) is 12.5. The first-order chi connectivity index (χ1) is 8.73. The van der Waals surface area contributed by atoms with Crippen molar-refractivity contribution in [3.05, 3.63) is 0 Å². The molecule has 0 aromatic heterocycles. The smallest absolute Gasteiger partial charge is 0.246 e. The predicted octanol–water partition coefficient (Wildman–Crippen LogP) is 1.74. The van der Waals surface area contributed by atoms with E-state index in [1.807, 2.05) is 34.6 Å². The molecule has 1 heterocycles. The minimum atomic E-state index is -0.626. The van der Waals surface area contributed by atoms with E-state index >= 15 is 0 Å². The van der Waals surface area contributed by atoms with Crippen molar-refractivity contribution in [2.24, 2.45) is 11.3 Å². The fraction of sp³-hybridized carbons (Fsp3) is 0.857. The number of hydrogen-bond acceptors (Lipinski definition) is 2. The summed E-state index contributed by atoms with van der Waals surface area (Å²) in [7, 11) is 0. The third-order valence-corrected chi connectivity index (χ3v) is 3.77. The van der Waals surface area contributed by atoms with Crippen LogP contribution >= 0.6 is 0 Å². The molecule has 3 unspecified atom stereocenters. The van der Waals surface area contributed by atoms with Gasteiger partial charge in [-0.15, -0.1) is 0 Å². The molecule has 1 aliphatic rings. The zero-order valence-corrected chi connectivity index (χ0v) is 12.5. The van der Waals surface area contributed by atoms with Gasteiger partial charge in [-0.1, -0.05) is 41.0 Å². The fourth-order valence-electron chi connectivity index (χ4n) is 2.55. The lowest BCUT2D eigenvalue weighted by Crippen LogP contribution is -2.68. The van der Waals surface area contributed by atoms with Crippen LogP contribution in [0.4, 0.5) is 4.39 Å². The summed E-state index contributed by atoms with van der Waals surface area (Å²) in [6.45, 7) is 8.92. The van der Waals surface area contributed by atoms with Crippen LogP contribution in [-0.2, 0) is 9.59 Å². The average Bonchev–Trinajstić information content (AvgIpc) is 2.31. The quantitative estimate of drug-likeness (QED) is 0.847. The number of alkyl halides is 1. The number of halogens is 1. The lowest BCUT2D eigenvalue weighted by Gasteiger charge is -2.45. The van der Waals surface area contributed by atoms with E-state index in [4.69, 9.17) is 0 Å². The van der Waals surface area contributed by atoms with E-state index in [1.54, 1.807) is 0 Å². The minimum absolute atomic E-state index is 0.0128. The Bertz CT molecular complexity index is 352. The van der Waals surface area contributed by atoms with E-state index in [0.29, 0.717) is 0 Å². The van der Waals surface area contributed by atoms with Crippen LogP contribution in [0.25, 0.3) is 0 Å². The number of nitrogens with one attached hydrogen (secondary N) is 1. The van der Waals surface area contributed by atoms with Crippen molar-refractivity contribution < 1.29 is 14.0 Å². The highest BCUT2D eigenvalue weighted by Gasteiger charge is 2.46. The van der Waals surface area contributed by atoms with Gasteiger partial charge in [-0.25, -0.2) is 4.39 Å². The predicted molar refractivity (Wildman–Crippen MR) is 72.3 cm³/mol. The number of rotatable bonds is 4. The van der Waals surface area contributed by atoms with Crippen LogP contribution in [0.2, 0.25) is 0 Å². The molecule has 110 valence electrons. The number of carbonyl (C=O) groups excluding carboxylic acids is 2. The van der Waals surface area contributed by atoms with Gasteiger partial charge in [0.2, 0.25) is 11.8 Å². The Balaban J connectivity index is 3.06. The molecule has 1 rings (SSSR count). The third kappa shape index (κ3) is 3.25. The molecule has 0 radical (unpaired) electrons. The topological polar surface area (TPSA) is 49.4 Å². The van der Waals surface area contributed by atoms with Gasteiger partial charge in [-0.05, 0) is 11.3 Å². The van der Waals surface area contributed by atoms with E-state index < -0.39 is 24.2 Å². The van der Waals surface area contributed by atoms with Crippen LogP contribution in [0.3, 0.4) is 0 Å². The summed E-state index contributed by atoms with van der Waals surface area (Å²) in [5, 5.41) is 2.81. The number of hydrogen-bond donors (Lipinski definition) is 1. The van der Waals surface area contributed by atoms with Gasteiger partial charge in [0.25, 0.3) is 0 Å². The van der Waals surface area contributed by atoms with E-state index in [-0.39, 0.29) is 24.3 Å². The van der Waals surface area contributed by atoms with Crippen molar-refractivity contribution in [2.75, 3.05) is 13.2 Å². The van der Waals surface area contributed by atoms with Gasteiger partial charge in [0, 0.05) is 6.54 Å². The van der Waals surface area contributed by atoms with Crippen molar-refractivity contribution in [1.82, 2.24) is 10.2 Å². The van der Waals surface area contributed by atoms with Crippen LogP contribution in [-0.4, -0.2) is 42.0 Å². The molecule has 1 saturated heterocycles. The molecule has 19 heavy (non-hydrogen) atoms. The molecule has 4 nitrogen and oxygen atoms in total. The molecule has 2 amide bonds. The Labute approximate surface area is 114 Å². The summed E-state index contributed by atoms with van der Waals surface area (Å²) in [6, 6.07) is -1.13. The monoisotopic (exact) mass is 272 g/mol. The average molecular weight is 272 g/mol. The van der Waals surface area contributed by atoms with Gasteiger partial charge in [-0.2, -0.15) is 0 Å².